The SMILES string of the molecule is [2H]C([2H])([2H])C(CC/C=C(\C)CC)C(=O)OCC. The molecule has 1 unspecified atom stereocenters. The summed E-state index contributed by atoms with van der Waals surface area (Å²) in [4.78, 5) is 11.5. The maximum Gasteiger partial charge on any atom is 0.308 e. The van der Waals surface area contributed by atoms with Crippen molar-refractivity contribution in [1.82, 2.24) is 0 Å². The molecule has 14 heavy (non-hydrogen) atoms. The van der Waals surface area contributed by atoms with Crippen molar-refractivity contribution in [2.24, 2.45) is 5.92 Å². The number of carbonyl (C=O) groups excluding carboxylic acids is 1. The third-order valence-corrected chi connectivity index (χ3v) is 2.08. The van der Waals surface area contributed by atoms with E-state index in [1.165, 1.54) is 5.57 Å². The van der Waals surface area contributed by atoms with Crippen LogP contribution in [0.2, 0.25) is 0 Å². The van der Waals surface area contributed by atoms with Gasteiger partial charge in [0.1, 0.15) is 0 Å². The zero-order valence-electron chi connectivity index (χ0n) is 12.3. The van der Waals surface area contributed by atoms with Crippen molar-refractivity contribution >= 4 is 5.97 Å². The highest BCUT2D eigenvalue weighted by Crippen LogP contribution is 2.10. The molecule has 0 aliphatic heterocycles. The third kappa shape index (κ3) is 5.79. The average Bonchev–Trinajstić information content (AvgIpc) is 2.22. The van der Waals surface area contributed by atoms with E-state index in [2.05, 4.69) is 0 Å². The summed E-state index contributed by atoms with van der Waals surface area (Å²) in [6.07, 6.45) is 3.84. The van der Waals surface area contributed by atoms with E-state index in [1.807, 2.05) is 19.9 Å². The molecule has 0 aromatic rings. The van der Waals surface area contributed by atoms with Gasteiger partial charge in [0.05, 0.1) is 12.5 Å². The van der Waals surface area contributed by atoms with Gasteiger partial charge in [-0.05, 0) is 33.1 Å². The Kier molecular flexibility index (Phi) is 4.62. The molecule has 2 heteroatoms. The summed E-state index contributed by atoms with van der Waals surface area (Å²) in [6.45, 7) is 3.65. The van der Waals surface area contributed by atoms with Crippen molar-refractivity contribution in [2.45, 2.75) is 46.9 Å². The summed E-state index contributed by atoms with van der Waals surface area (Å²) in [7, 11) is 0. The molecule has 0 N–H and O–H groups in total. The molecule has 0 aliphatic carbocycles. The zero-order valence-corrected chi connectivity index (χ0v) is 9.30. The van der Waals surface area contributed by atoms with Crippen LogP contribution in [-0.4, -0.2) is 12.6 Å². The summed E-state index contributed by atoms with van der Waals surface area (Å²) in [5.41, 5.74) is 1.21. The van der Waals surface area contributed by atoms with Gasteiger partial charge in [0.25, 0.3) is 0 Å². The van der Waals surface area contributed by atoms with E-state index in [0.29, 0.717) is 12.8 Å². The van der Waals surface area contributed by atoms with E-state index in [1.54, 1.807) is 6.92 Å². The minimum atomic E-state index is -2.28. The van der Waals surface area contributed by atoms with E-state index >= 15 is 0 Å². The summed E-state index contributed by atoms with van der Waals surface area (Å²) in [6, 6.07) is 0. The molecule has 0 aromatic carbocycles. The van der Waals surface area contributed by atoms with Crippen molar-refractivity contribution in [2.75, 3.05) is 6.61 Å². The number of esters is 1. The van der Waals surface area contributed by atoms with Gasteiger partial charge in [-0.1, -0.05) is 25.4 Å². The number of hydrogen-bond donors (Lipinski definition) is 0. The van der Waals surface area contributed by atoms with Gasteiger partial charge >= 0.3 is 5.97 Å². The van der Waals surface area contributed by atoms with Crippen LogP contribution in [0.3, 0.4) is 0 Å². The van der Waals surface area contributed by atoms with Crippen LogP contribution in [0.1, 0.15) is 51.0 Å². The number of rotatable bonds is 6. The van der Waals surface area contributed by atoms with Crippen molar-refractivity contribution in [3.8, 4) is 0 Å². The van der Waals surface area contributed by atoms with E-state index in [-0.39, 0.29) is 6.61 Å². The van der Waals surface area contributed by atoms with Gasteiger partial charge in [0.2, 0.25) is 0 Å². The molecule has 0 aromatic heterocycles. The summed E-state index contributed by atoms with van der Waals surface area (Å²) < 4.78 is 26.8. The van der Waals surface area contributed by atoms with Crippen LogP contribution in [0.25, 0.3) is 0 Å². The highest BCUT2D eigenvalue weighted by molar-refractivity contribution is 5.71. The lowest BCUT2D eigenvalue weighted by atomic mass is 10.0. The van der Waals surface area contributed by atoms with Gasteiger partial charge in [-0.2, -0.15) is 0 Å². The predicted octanol–water partition coefficient (Wildman–Crippen LogP) is 3.32. The fourth-order valence-corrected chi connectivity index (χ4v) is 1.00. The Labute approximate surface area is 91.6 Å². The molecular formula is C12H22O2. The van der Waals surface area contributed by atoms with Crippen molar-refractivity contribution in [3.05, 3.63) is 11.6 Å². The van der Waals surface area contributed by atoms with Gasteiger partial charge in [0, 0.05) is 4.11 Å². The molecular weight excluding hydrogens is 176 g/mol. The number of ether oxygens (including phenoxy) is 1. The standard InChI is InChI=1S/C12H22O2/c1-5-10(3)8-7-9-11(4)12(13)14-6-2/h8,11H,5-7,9H2,1-4H3/b10-8+/i4D3. The average molecular weight is 201 g/mol. The van der Waals surface area contributed by atoms with E-state index < -0.39 is 18.7 Å². The monoisotopic (exact) mass is 201 g/mol. The molecule has 0 heterocycles. The maximum atomic E-state index is 11.5. The Hall–Kier alpha value is -0.790. The summed E-state index contributed by atoms with van der Waals surface area (Å²) >= 11 is 0. The van der Waals surface area contributed by atoms with Crippen LogP contribution in [-0.2, 0) is 9.53 Å². The molecule has 2 nitrogen and oxygen atoms in total. The molecule has 1 atom stereocenters. The molecule has 0 amide bonds. The van der Waals surface area contributed by atoms with Gasteiger partial charge in [-0.3, -0.25) is 4.79 Å². The Bertz CT molecular complexity index is 269. The van der Waals surface area contributed by atoms with Crippen LogP contribution in [0.5, 0.6) is 0 Å². The number of allylic oxidation sites excluding steroid dienone is 2. The first-order valence-corrected chi connectivity index (χ1v) is 5.15. The second-order valence-electron chi connectivity index (χ2n) is 3.29. The molecule has 82 valence electrons. The minimum Gasteiger partial charge on any atom is -0.466 e. The zero-order chi connectivity index (χ0) is 13.5. The molecule has 0 bridgehead atoms. The predicted molar refractivity (Wildman–Crippen MR) is 59.1 cm³/mol. The quantitative estimate of drug-likeness (QED) is 0.487. The molecule has 0 radical (unpaired) electrons. The molecule has 0 fully saturated rings. The second-order valence-corrected chi connectivity index (χ2v) is 3.29. The second kappa shape index (κ2) is 7.60. The normalized spacial score (nSPS) is 17.9. The van der Waals surface area contributed by atoms with E-state index in [9.17, 15) is 4.79 Å². The van der Waals surface area contributed by atoms with Crippen LogP contribution in [0.15, 0.2) is 11.6 Å². The smallest absolute Gasteiger partial charge is 0.308 e. The molecule has 0 saturated heterocycles. The Morgan fingerprint density at radius 3 is 2.79 bits per heavy atom. The van der Waals surface area contributed by atoms with E-state index in [4.69, 9.17) is 8.85 Å². The van der Waals surface area contributed by atoms with Gasteiger partial charge in [-0.15, -0.1) is 0 Å². The highest BCUT2D eigenvalue weighted by Gasteiger charge is 2.12. The van der Waals surface area contributed by atoms with Crippen molar-refractivity contribution in [1.29, 1.82) is 0 Å². The number of hydrogen-bond acceptors (Lipinski definition) is 2. The van der Waals surface area contributed by atoms with Crippen LogP contribution in [0, 0.1) is 5.92 Å². The van der Waals surface area contributed by atoms with Crippen LogP contribution < -0.4 is 0 Å². The number of carbonyl (C=O) groups is 1. The first-order valence-electron chi connectivity index (χ1n) is 6.65. The topological polar surface area (TPSA) is 26.3 Å². The van der Waals surface area contributed by atoms with Crippen molar-refractivity contribution in [3.63, 3.8) is 0 Å². The Morgan fingerprint density at radius 1 is 1.57 bits per heavy atom. The lowest BCUT2D eigenvalue weighted by Crippen LogP contribution is -2.14. The van der Waals surface area contributed by atoms with Crippen LogP contribution in [0.4, 0.5) is 0 Å². The lowest BCUT2D eigenvalue weighted by Gasteiger charge is -2.08. The maximum absolute atomic E-state index is 11.5. The Morgan fingerprint density at radius 2 is 2.29 bits per heavy atom. The third-order valence-electron chi connectivity index (χ3n) is 2.08. The molecule has 0 rings (SSSR count). The first kappa shape index (κ1) is 8.51. The fraction of sp³-hybridized carbons (Fsp3) is 0.750. The van der Waals surface area contributed by atoms with E-state index in [0.717, 1.165) is 6.42 Å². The van der Waals surface area contributed by atoms with Gasteiger partial charge < -0.3 is 4.74 Å². The summed E-state index contributed by atoms with van der Waals surface area (Å²) in [5, 5.41) is 0. The highest BCUT2D eigenvalue weighted by atomic mass is 16.5. The summed E-state index contributed by atoms with van der Waals surface area (Å²) in [5.74, 6) is -1.63. The largest absolute Gasteiger partial charge is 0.466 e. The molecule has 0 aliphatic rings. The van der Waals surface area contributed by atoms with Crippen LogP contribution >= 0.6 is 0 Å². The fourth-order valence-electron chi connectivity index (χ4n) is 1.00. The van der Waals surface area contributed by atoms with Gasteiger partial charge in [-0.25, -0.2) is 0 Å². The minimum absolute atomic E-state index is 0.218. The lowest BCUT2D eigenvalue weighted by molar-refractivity contribution is -0.147. The first-order chi connectivity index (χ1) is 7.82. The van der Waals surface area contributed by atoms with Gasteiger partial charge in [0.15, 0.2) is 0 Å². The van der Waals surface area contributed by atoms with Crippen molar-refractivity contribution < 1.29 is 13.6 Å². The molecule has 0 saturated carbocycles. The Balaban J connectivity index is 4.47. The molecule has 0 spiro atoms.